The third-order valence-corrected chi connectivity index (χ3v) is 6.02. The Morgan fingerprint density at radius 3 is 2.75 bits per heavy atom. The summed E-state index contributed by atoms with van der Waals surface area (Å²) in [6.45, 7) is 1.93. The van der Waals surface area contributed by atoms with Crippen molar-refractivity contribution >= 4 is 28.1 Å². The summed E-state index contributed by atoms with van der Waals surface area (Å²) in [5.74, 6) is -0.298. The van der Waals surface area contributed by atoms with Crippen molar-refractivity contribution in [3.05, 3.63) is 70.4 Å². The Labute approximate surface area is 185 Å². The molecule has 6 nitrogen and oxygen atoms in total. The van der Waals surface area contributed by atoms with Gasteiger partial charge in [0.1, 0.15) is 9.88 Å². The van der Waals surface area contributed by atoms with Gasteiger partial charge >= 0.3 is 6.18 Å². The van der Waals surface area contributed by atoms with E-state index in [0.717, 1.165) is 23.1 Å². The molecule has 2 aromatic heterocycles. The SMILES string of the molecule is Cc1nc(-c2cccc3nn(Cc4cccc(C(F)(F)F)c4)cc23)sc1C(=O)NCCO. The molecule has 0 aliphatic rings. The molecule has 0 saturated carbocycles. The molecule has 0 fully saturated rings. The van der Waals surface area contributed by atoms with Gasteiger partial charge in [-0.1, -0.05) is 24.3 Å². The fourth-order valence-corrected chi connectivity index (χ4v) is 4.39. The van der Waals surface area contributed by atoms with Gasteiger partial charge in [-0.3, -0.25) is 9.48 Å². The number of carbonyl (C=O) groups excluding carboxylic acids is 1. The first-order valence-corrected chi connectivity index (χ1v) is 10.6. The molecule has 0 aliphatic carbocycles. The van der Waals surface area contributed by atoms with Crippen LogP contribution < -0.4 is 5.32 Å². The van der Waals surface area contributed by atoms with Crippen LogP contribution in [0.4, 0.5) is 13.2 Å². The van der Waals surface area contributed by atoms with Crippen molar-refractivity contribution in [2.75, 3.05) is 13.2 Å². The number of amides is 1. The number of hydrogen-bond donors (Lipinski definition) is 2. The van der Waals surface area contributed by atoms with E-state index in [1.54, 1.807) is 23.9 Å². The molecular weight excluding hydrogens is 441 g/mol. The Morgan fingerprint density at radius 2 is 2.00 bits per heavy atom. The van der Waals surface area contributed by atoms with E-state index in [-0.39, 0.29) is 25.6 Å². The molecule has 2 N–H and O–H groups in total. The predicted molar refractivity (Wildman–Crippen MR) is 116 cm³/mol. The van der Waals surface area contributed by atoms with Crippen LogP contribution in [0.2, 0.25) is 0 Å². The van der Waals surface area contributed by atoms with Gasteiger partial charge in [-0.05, 0) is 30.7 Å². The minimum Gasteiger partial charge on any atom is -0.395 e. The Hall–Kier alpha value is -3.24. The summed E-state index contributed by atoms with van der Waals surface area (Å²) in [5.41, 5.74) is 1.83. The second-order valence-corrected chi connectivity index (χ2v) is 8.18. The largest absolute Gasteiger partial charge is 0.416 e. The van der Waals surface area contributed by atoms with Crippen molar-refractivity contribution in [1.82, 2.24) is 20.1 Å². The fraction of sp³-hybridized carbons (Fsp3) is 0.227. The van der Waals surface area contributed by atoms with Crippen molar-refractivity contribution in [3.8, 4) is 10.6 Å². The zero-order valence-corrected chi connectivity index (χ0v) is 17.8. The van der Waals surface area contributed by atoms with E-state index in [0.29, 0.717) is 26.7 Å². The molecule has 0 atom stereocenters. The number of benzene rings is 2. The summed E-state index contributed by atoms with van der Waals surface area (Å²) in [5, 5.41) is 17.5. The van der Waals surface area contributed by atoms with Crippen LogP contribution in [0.3, 0.4) is 0 Å². The molecule has 4 rings (SSSR count). The number of rotatable bonds is 6. The highest BCUT2D eigenvalue weighted by atomic mass is 32.1. The second kappa shape index (κ2) is 8.71. The predicted octanol–water partition coefficient (Wildman–Crippen LogP) is 4.26. The van der Waals surface area contributed by atoms with Gasteiger partial charge in [0.15, 0.2) is 0 Å². The molecule has 32 heavy (non-hydrogen) atoms. The van der Waals surface area contributed by atoms with Gasteiger partial charge in [0, 0.05) is 23.7 Å². The minimum atomic E-state index is -4.40. The maximum Gasteiger partial charge on any atom is 0.416 e. The van der Waals surface area contributed by atoms with Gasteiger partial charge in [0.2, 0.25) is 0 Å². The highest BCUT2D eigenvalue weighted by molar-refractivity contribution is 7.17. The standard InChI is InChI=1S/C22H19F3N4O2S/c1-13-19(20(31)26-8-9-30)32-21(27-13)16-6-3-7-18-17(16)12-29(28-18)11-14-4-2-5-15(10-14)22(23,24)25/h2-7,10,12,30H,8-9,11H2,1H3,(H,26,31). The highest BCUT2D eigenvalue weighted by Crippen LogP contribution is 2.33. The first-order valence-electron chi connectivity index (χ1n) is 9.75. The summed E-state index contributed by atoms with van der Waals surface area (Å²) < 4.78 is 40.6. The van der Waals surface area contributed by atoms with Gasteiger partial charge in [0.05, 0.1) is 29.9 Å². The Kier molecular flexibility index (Phi) is 5.98. The molecule has 2 heterocycles. The van der Waals surface area contributed by atoms with Crippen LogP contribution in [-0.4, -0.2) is 38.9 Å². The number of hydrogen-bond acceptors (Lipinski definition) is 5. The number of aromatic nitrogens is 3. The maximum absolute atomic E-state index is 13.0. The lowest BCUT2D eigenvalue weighted by atomic mass is 10.1. The number of thiazole rings is 1. The number of nitrogens with zero attached hydrogens (tertiary/aromatic N) is 3. The topological polar surface area (TPSA) is 80.0 Å². The normalized spacial score (nSPS) is 11.8. The number of aliphatic hydroxyl groups excluding tert-OH is 1. The third-order valence-electron chi connectivity index (χ3n) is 4.83. The zero-order valence-electron chi connectivity index (χ0n) is 17.0. The lowest BCUT2D eigenvalue weighted by Crippen LogP contribution is -2.26. The number of nitrogens with one attached hydrogen (secondary N) is 1. The molecule has 166 valence electrons. The quantitative estimate of drug-likeness (QED) is 0.451. The molecule has 0 saturated heterocycles. The molecule has 4 aromatic rings. The molecule has 2 aromatic carbocycles. The van der Waals surface area contributed by atoms with E-state index >= 15 is 0 Å². The van der Waals surface area contributed by atoms with Crippen LogP contribution in [0.15, 0.2) is 48.7 Å². The van der Waals surface area contributed by atoms with Gasteiger partial charge in [-0.2, -0.15) is 18.3 Å². The van der Waals surface area contributed by atoms with Gasteiger partial charge in [0.25, 0.3) is 5.91 Å². The number of aliphatic hydroxyl groups is 1. The van der Waals surface area contributed by atoms with Crippen LogP contribution in [0.25, 0.3) is 21.5 Å². The summed E-state index contributed by atoms with van der Waals surface area (Å²) in [6.07, 6.45) is -2.63. The zero-order chi connectivity index (χ0) is 22.9. The minimum absolute atomic E-state index is 0.152. The monoisotopic (exact) mass is 460 g/mol. The van der Waals surface area contributed by atoms with E-state index in [4.69, 9.17) is 5.11 Å². The highest BCUT2D eigenvalue weighted by Gasteiger charge is 2.30. The third kappa shape index (κ3) is 4.51. The van der Waals surface area contributed by atoms with Crippen molar-refractivity contribution in [2.24, 2.45) is 0 Å². The second-order valence-electron chi connectivity index (χ2n) is 7.18. The number of alkyl halides is 3. The van der Waals surface area contributed by atoms with Gasteiger partial charge in [-0.25, -0.2) is 4.98 Å². The Morgan fingerprint density at radius 1 is 1.22 bits per heavy atom. The van der Waals surface area contributed by atoms with Crippen LogP contribution in [0, 0.1) is 6.92 Å². The molecule has 0 radical (unpaired) electrons. The lowest BCUT2D eigenvalue weighted by Gasteiger charge is -2.08. The summed E-state index contributed by atoms with van der Waals surface area (Å²) in [7, 11) is 0. The first kappa shape index (κ1) is 22.0. The number of carbonyl (C=O) groups is 1. The summed E-state index contributed by atoms with van der Waals surface area (Å²) in [4.78, 5) is 17.3. The van der Waals surface area contributed by atoms with E-state index < -0.39 is 11.7 Å². The average Bonchev–Trinajstić information content (AvgIpc) is 3.34. The Balaban J connectivity index is 1.66. The molecule has 1 amide bonds. The summed E-state index contributed by atoms with van der Waals surface area (Å²) in [6, 6.07) is 10.7. The molecule has 0 unspecified atom stereocenters. The number of halogens is 3. The van der Waals surface area contributed by atoms with Gasteiger partial charge < -0.3 is 10.4 Å². The van der Waals surface area contributed by atoms with Crippen LogP contribution >= 0.6 is 11.3 Å². The van der Waals surface area contributed by atoms with Crippen LogP contribution in [0.1, 0.15) is 26.5 Å². The fourth-order valence-electron chi connectivity index (χ4n) is 3.36. The van der Waals surface area contributed by atoms with E-state index in [9.17, 15) is 18.0 Å². The molecule has 0 spiro atoms. The first-order chi connectivity index (χ1) is 15.3. The molecule has 0 bridgehead atoms. The van der Waals surface area contributed by atoms with Crippen molar-refractivity contribution in [2.45, 2.75) is 19.6 Å². The van der Waals surface area contributed by atoms with E-state index in [2.05, 4.69) is 15.4 Å². The van der Waals surface area contributed by atoms with E-state index in [1.807, 2.05) is 18.2 Å². The summed E-state index contributed by atoms with van der Waals surface area (Å²) >= 11 is 1.24. The molecule has 10 heteroatoms. The number of fused-ring (bicyclic) bond motifs is 1. The molecular formula is C22H19F3N4O2S. The van der Waals surface area contributed by atoms with Crippen LogP contribution in [0.5, 0.6) is 0 Å². The van der Waals surface area contributed by atoms with Crippen molar-refractivity contribution in [3.63, 3.8) is 0 Å². The van der Waals surface area contributed by atoms with E-state index in [1.165, 1.54) is 17.4 Å². The van der Waals surface area contributed by atoms with Crippen LogP contribution in [-0.2, 0) is 12.7 Å². The number of aryl methyl sites for hydroxylation is 1. The molecule has 0 aliphatic heterocycles. The van der Waals surface area contributed by atoms with Crippen molar-refractivity contribution in [1.29, 1.82) is 0 Å². The lowest BCUT2D eigenvalue weighted by molar-refractivity contribution is -0.137. The van der Waals surface area contributed by atoms with Crippen molar-refractivity contribution < 1.29 is 23.1 Å². The Bertz CT molecular complexity index is 1280. The van der Waals surface area contributed by atoms with Gasteiger partial charge in [-0.15, -0.1) is 11.3 Å². The maximum atomic E-state index is 13.0. The smallest absolute Gasteiger partial charge is 0.395 e. The average molecular weight is 460 g/mol.